The molecule has 0 atom stereocenters. The van der Waals surface area contributed by atoms with Crippen molar-refractivity contribution in [3.05, 3.63) is 24.3 Å². The van der Waals surface area contributed by atoms with Gasteiger partial charge in [-0.25, -0.2) is 0 Å². The van der Waals surface area contributed by atoms with E-state index < -0.39 is 5.60 Å². The number of hydrogen-bond donors (Lipinski definition) is 3. The molecule has 23 heavy (non-hydrogen) atoms. The minimum absolute atomic E-state index is 0. The molecule has 1 aliphatic carbocycles. The van der Waals surface area contributed by atoms with Gasteiger partial charge < -0.3 is 20.9 Å². The normalized spacial score (nSPS) is 17.5. The van der Waals surface area contributed by atoms with Crippen molar-refractivity contribution in [3.63, 3.8) is 0 Å². The van der Waals surface area contributed by atoms with Crippen LogP contribution < -0.4 is 15.8 Å². The van der Waals surface area contributed by atoms with Crippen LogP contribution in [0.25, 0.3) is 0 Å². The zero-order valence-electron chi connectivity index (χ0n) is 13.9. The first-order chi connectivity index (χ1) is 10.5. The third kappa shape index (κ3) is 6.95. The lowest BCUT2D eigenvalue weighted by Crippen LogP contribution is -2.36. The number of aliphatic imine (C=N–C) groups is 1. The van der Waals surface area contributed by atoms with Crippen molar-refractivity contribution in [2.24, 2.45) is 10.7 Å². The van der Waals surface area contributed by atoms with Gasteiger partial charge in [-0.05, 0) is 51.0 Å². The fraction of sp³-hybridized carbons (Fsp3) is 0.588. The van der Waals surface area contributed by atoms with Crippen molar-refractivity contribution in [1.82, 2.24) is 0 Å². The molecular weight excluding hydrogens is 405 g/mol. The molecule has 6 heteroatoms. The van der Waals surface area contributed by atoms with E-state index in [2.05, 4.69) is 10.3 Å². The SMILES string of the molecule is CC(C)Oc1ccc(NC(N)=NCC2(O)CCCCC2)cc1.I. The van der Waals surface area contributed by atoms with E-state index >= 15 is 0 Å². The minimum Gasteiger partial charge on any atom is -0.491 e. The highest BCUT2D eigenvalue weighted by Gasteiger charge is 2.28. The van der Waals surface area contributed by atoms with Crippen LogP contribution in [-0.2, 0) is 0 Å². The molecule has 1 aromatic rings. The summed E-state index contributed by atoms with van der Waals surface area (Å²) in [5.74, 6) is 1.16. The van der Waals surface area contributed by atoms with Crippen molar-refractivity contribution in [1.29, 1.82) is 0 Å². The van der Waals surface area contributed by atoms with Gasteiger partial charge in [0.15, 0.2) is 5.96 Å². The van der Waals surface area contributed by atoms with Crippen LogP contribution in [0.5, 0.6) is 5.75 Å². The van der Waals surface area contributed by atoms with Crippen LogP contribution in [0.3, 0.4) is 0 Å². The number of nitrogens with zero attached hydrogens (tertiary/aromatic N) is 1. The molecule has 2 rings (SSSR count). The third-order valence-corrected chi connectivity index (χ3v) is 3.83. The predicted molar refractivity (Wildman–Crippen MR) is 106 cm³/mol. The first kappa shape index (κ1) is 20.0. The molecule has 130 valence electrons. The van der Waals surface area contributed by atoms with E-state index in [4.69, 9.17) is 10.5 Å². The van der Waals surface area contributed by atoms with Crippen molar-refractivity contribution in [3.8, 4) is 5.75 Å². The summed E-state index contributed by atoms with van der Waals surface area (Å²) in [6.07, 6.45) is 5.11. The molecule has 1 aromatic carbocycles. The Morgan fingerprint density at radius 1 is 1.26 bits per heavy atom. The number of halogens is 1. The number of nitrogens with one attached hydrogen (secondary N) is 1. The summed E-state index contributed by atoms with van der Waals surface area (Å²) in [7, 11) is 0. The molecule has 0 aromatic heterocycles. The van der Waals surface area contributed by atoms with Crippen LogP contribution in [0, 0.1) is 0 Å². The molecular formula is C17H28IN3O2. The standard InChI is InChI=1S/C17H27N3O2.HI/c1-13(2)22-15-8-6-14(7-9-15)20-16(18)19-12-17(21)10-4-3-5-11-17;/h6-9,13,21H,3-5,10-12H2,1-2H3,(H3,18,19,20);1H. The average Bonchev–Trinajstić information content (AvgIpc) is 2.48. The average molecular weight is 433 g/mol. The molecule has 0 saturated heterocycles. The smallest absolute Gasteiger partial charge is 0.193 e. The van der Waals surface area contributed by atoms with Gasteiger partial charge >= 0.3 is 0 Å². The van der Waals surface area contributed by atoms with E-state index in [0.717, 1.165) is 37.1 Å². The van der Waals surface area contributed by atoms with E-state index in [9.17, 15) is 5.11 Å². The second-order valence-corrected chi connectivity index (χ2v) is 6.30. The number of hydrogen-bond acceptors (Lipinski definition) is 3. The molecule has 0 bridgehead atoms. The molecule has 0 aliphatic heterocycles. The van der Waals surface area contributed by atoms with E-state index in [1.165, 1.54) is 6.42 Å². The van der Waals surface area contributed by atoms with Crippen molar-refractivity contribution in [2.75, 3.05) is 11.9 Å². The number of rotatable bonds is 5. The number of ether oxygens (including phenoxy) is 1. The second kappa shape index (κ2) is 9.32. The van der Waals surface area contributed by atoms with Crippen LogP contribution in [0.4, 0.5) is 5.69 Å². The zero-order chi connectivity index (χ0) is 16.0. The maximum atomic E-state index is 10.4. The Kier molecular flexibility index (Phi) is 8.11. The van der Waals surface area contributed by atoms with Gasteiger partial charge in [0.05, 0.1) is 18.2 Å². The number of guanidine groups is 1. The molecule has 0 amide bonds. The van der Waals surface area contributed by atoms with Crippen molar-refractivity contribution in [2.45, 2.75) is 57.7 Å². The molecule has 0 spiro atoms. The summed E-state index contributed by atoms with van der Waals surface area (Å²) >= 11 is 0. The molecule has 0 unspecified atom stereocenters. The summed E-state index contributed by atoms with van der Waals surface area (Å²) in [4.78, 5) is 4.29. The molecule has 1 saturated carbocycles. The lowest BCUT2D eigenvalue weighted by Gasteiger charge is -2.30. The van der Waals surface area contributed by atoms with Gasteiger partial charge in [0.2, 0.25) is 0 Å². The number of anilines is 1. The quantitative estimate of drug-likeness (QED) is 0.377. The molecule has 0 heterocycles. The fourth-order valence-corrected chi connectivity index (χ4v) is 2.68. The first-order valence-electron chi connectivity index (χ1n) is 8.03. The topological polar surface area (TPSA) is 79.9 Å². The van der Waals surface area contributed by atoms with Crippen LogP contribution in [-0.4, -0.2) is 29.3 Å². The Bertz CT molecular complexity index is 497. The fourth-order valence-electron chi connectivity index (χ4n) is 2.68. The lowest BCUT2D eigenvalue weighted by molar-refractivity contribution is 0.0132. The zero-order valence-corrected chi connectivity index (χ0v) is 16.2. The second-order valence-electron chi connectivity index (χ2n) is 6.30. The summed E-state index contributed by atoms with van der Waals surface area (Å²) in [6.45, 7) is 4.35. The molecule has 5 nitrogen and oxygen atoms in total. The minimum atomic E-state index is -0.681. The Morgan fingerprint density at radius 2 is 1.87 bits per heavy atom. The third-order valence-electron chi connectivity index (χ3n) is 3.83. The molecule has 0 radical (unpaired) electrons. The summed E-state index contributed by atoms with van der Waals surface area (Å²) in [6, 6.07) is 7.58. The van der Waals surface area contributed by atoms with Crippen molar-refractivity contribution >= 4 is 35.6 Å². The summed E-state index contributed by atoms with van der Waals surface area (Å²) in [5, 5.41) is 13.4. The highest BCUT2D eigenvalue weighted by atomic mass is 127. The summed E-state index contributed by atoms with van der Waals surface area (Å²) < 4.78 is 5.59. The van der Waals surface area contributed by atoms with Gasteiger partial charge in [0.1, 0.15) is 5.75 Å². The van der Waals surface area contributed by atoms with Gasteiger partial charge in [-0.2, -0.15) is 0 Å². The summed E-state index contributed by atoms with van der Waals surface area (Å²) in [5.41, 5.74) is 6.07. The highest BCUT2D eigenvalue weighted by Crippen LogP contribution is 2.28. The molecule has 1 fully saturated rings. The van der Waals surface area contributed by atoms with Gasteiger partial charge in [-0.1, -0.05) is 19.3 Å². The number of nitrogens with two attached hydrogens (primary N) is 1. The number of aliphatic hydroxyl groups is 1. The maximum absolute atomic E-state index is 10.4. The van der Waals surface area contributed by atoms with Crippen LogP contribution in [0.1, 0.15) is 46.0 Å². The van der Waals surface area contributed by atoms with E-state index in [1.807, 2.05) is 38.1 Å². The highest BCUT2D eigenvalue weighted by molar-refractivity contribution is 14.0. The lowest BCUT2D eigenvalue weighted by atomic mass is 9.85. The maximum Gasteiger partial charge on any atom is 0.193 e. The molecule has 4 N–H and O–H groups in total. The van der Waals surface area contributed by atoms with Crippen LogP contribution >= 0.6 is 24.0 Å². The monoisotopic (exact) mass is 433 g/mol. The van der Waals surface area contributed by atoms with E-state index in [1.54, 1.807) is 0 Å². The Hall–Kier alpha value is -1.02. The van der Waals surface area contributed by atoms with Gasteiger partial charge in [0.25, 0.3) is 0 Å². The van der Waals surface area contributed by atoms with E-state index in [-0.39, 0.29) is 30.1 Å². The predicted octanol–water partition coefficient (Wildman–Crippen LogP) is 3.51. The Morgan fingerprint density at radius 3 is 2.43 bits per heavy atom. The van der Waals surface area contributed by atoms with Gasteiger partial charge in [-0.3, -0.25) is 4.99 Å². The number of benzene rings is 1. The first-order valence-corrected chi connectivity index (χ1v) is 8.03. The van der Waals surface area contributed by atoms with Gasteiger partial charge in [-0.15, -0.1) is 24.0 Å². The largest absolute Gasteiger partial charge is 0.491 e. The van der Waals surface area contributed by atoms with Crippen LogP contribution in [0.2, 0.25) is 0 Å². The van der Waals surface area contributed by atoms with E-state index in [0.29, 0.717) is 12.5 Å². The van der Waals surface area contributed by atoms with Crippen LogP contribution in [0.15, 0.2) is 29.3 Å². The Labute approximate surface area is 155 Å². The van der Waals surface area contributed by atoms with Crippen molar-refractivity contribution < 1.29 is 9.84 Å². The van der Waals surface area contributed by atoms with Gasteiger partial charge in [0, 0.05) is 5.69 Å². The molecule has 1 aliphatic rings. The Balaban J connectivity index is 0.00000264.